The third-order valence-corrected chi connectivity index (χ3v) is 3.22. The lowest BCUT2D eigenvalue weighted by Gasteiger charge is -2.19. The lowest BCUT2D eigenvalue weighted by molar-refractivity contribution is -0.141. The van der Waals surface area contributed by atoms with Crippen molar-refractivity contribution >= 4 is 17.6 Å². The Labute approximate surface area is 150 Å². The number of carbonyl (C=O) groups is 2. The van der Waals surface area contributed by atoms with Crippen molar-refractivity contribution in [3.8, 4) is 0 Å². The number of alkyl carbamates (subject to hydrolysis) is 1. The molecule has 0 aromatic heterocycles. The molecule has 0 heterocycles. The van der Waals surface area contributed by atoms with Crippen LogP contribution >= 0.6 is 0 Å². The molecule has 0 unspecified atom stereocenters. The Morgan fingerprint density at radius 1 is 1.16 bits per heavy atom. The molecule has 0 saturated carbocycles. The largest absolute Gasteiger partial charge is 0.466 e. The molecular weight excluding hydrogens is 318 g/mol. The minimum atomic E-state index is -0.496. The van der Waals surface area contributed by atoms with Gasteiger partial charge in [-0.3, -0.25) is 4.79 Å². The van der Waals surface area contributed by atoms with E-state index in [-0.39, 0.29) is 12.4 Å². The summed E-state index contributed by atoms with van der Waals surface area (Å²) in [5.74, 6) is -0.232. The van der Waals surface area contributed by atoms with Gasteiger partial charge in [0.05, 0.1) is 13.0 Å². The Balaban J connectivity index is 2.53. The number of esters is 1. The summed E-state index contributed by atoms with van der Waals surface area (Å²) in [5, 5.41) is 2.73. The van der Waals surface area contributed by atoms with Crippen LogP contribution in [0.1, 0.15) is 52.5 Å². The van der Waals surface area contributed by atoms with Crippen LogP contribution in [-0.4, -0.2) is 30.8 Å². The Morgan fingerprint density at radius 2 is 1.84 bits per heavy atom. The molecule has 0 bridgehead atoms. The number of rotatable bonds is 8. The highest BCUT2D eigenvalue weighted by Crippen LogP contribution is 2.20. The molecule has 0 aliphatic rings. The van der Waals surface area contributed by atoms with Crippen molar-refractivity contribution in [1.29, 1.82) is 0 Å². The molecule has 1 aromatic carbocycles. The monoisotopic (exact) mass is 347 g/mol. The average Bonchev–Trinajstić information content (AvgIpc) is 2.53. The number of allylic oxidation sites excluding steroid dienone is 1. The van der Waals surface area contributed by atoms with Crippen LogP contribution in [0.5, 0.6) is 0 Å². The topological polar surface area (TPSA) is 64.6 Å². The van der Waals surface area contributed by atoms with Gasteiger partial charge in [0.15, 0.2) is 0 Å². The second-order valence-corrected chi connectivity index (χ2v) is 6.65. The maximum atomic E-state index is 11.8. The van der Waals surface area contributed by atoms with Crippen molar-refractivity contribution < 1.29 is 19.1 Å². The van der Waals surface area contributed by atoms with Crippen molar-refractivity contribution in [3.05, 3.63) is 42.0 Å². The van der Waals surface area contributed by atoms with Crippen LogP contribution in [0.4, 0.5) is 4.79 Å². The van der Waals surface area contributed by atoms with Crippen LogP contribution in [0.25, 0.3) is 5.57 Å². The number of benzene rings is 1. The lowest BCUT2D eigenvalue weighted by atomic mass is 10.0. The van der Waals surface area contributed by atoms with E-state index >= 15 is 0 Å². The molecule has 1 amide bonds. The van der Waals surface area contributed by atoms with Gasteiger partial charge in [0.1, 0.15) is 5.60 Å². The van der Waals surface area contributed by atoms with E-state index in [0.29, 0.717) is 13.2 Å². The summed E-state index contributed by atoms with van der Waals surface area (Å²) in [4.78, 5) is 23.4. The predicted octanol–water partition coefficient (Wildman–Crippen LogP) is 4.33. The van der Waals surface area contributed by atoms with Gasteiger partial charge in [0.2, 0.25) is 0 Å². The van der Waals surface area contributed by atoms with E-state index in [2.05, 4.69) is 5.32 Å². The molecule has 5 heteroatoms. The average molecular weight is 347 g/mol. The first-order valence-electron chi connectivity index (χ1n) is 8.68. The summed E-state index contributed by atoms with van der Waals surface area (Å²) in [6.07, 6.45) is 3.38. The zero-order valence-corrected chi connectivity index (χ0v) is 15.6. The molecule has 1 rings (SSSR count). The molecule has 138 valence electrons. The van der Waals surface area contributed by atoms with E-state index in [1.807, 2.05) is 57.2 Å². The van der Waals surface area contributed by atoms with Crippen molar-refractivity contribution in [3.63, 3.8) is 0 Å². The smallest absolute Gasteiger partial charge is 0.407 e. The summed E-state index contributed by atoms with van der Waals surface area (Å²) in [5.41, 5.74) is 1.45. The molecule has 5 nitrogen and oxygen atoms in total. The molecule has 0 spiro atoms. The number of unbranched alkanes of at least 4 members (excludes halogenated alkanes) is 1. The van der Waals surface area contributed by atoms with Gasteiger partial charge in [-0.05, 0) is 51.7 Å². The fourth-order valence-electron chi connectivity index (χ4n) is 2.19. The molecule has 25 heavy (non-hydrogen) atoms. The summed E-state index contributed by atoms with van der Waals surface area (Å²) >= 11 is 0. The first-order chi connectivity index (χ1) is 11.8. The van der Waals surface area contributed by atoms with Gasteiger partial charge >= 0.3 is 12.1 Å². The highest BCUT2D eigenvalue weighted by molar-refractivity contribution is 5.85. The zero-order valence-electron chi connectivity index (χ0n) is 15.6. The van der Waals surface area contributed by atoms with E-state index in [0.717, 1.165) is 24.0 Å². The summed E-state index contributed by atoms with van der Waals surface area (Å²) in [7, 11) is 0. The third kappa shape index (κ3) is 9.55. The highest BCUT2D eigenvalue weighted by Gasteiger charge is 2.15. The van der Waals surface area contributed by atoms with E-state index in [9.17, 15) is 9.59 Å². The molecule has 0 aliphatic carbocycles. The predicted molar refractivity (Wildman–Crippen MR) is 99.1 cm³/mol. The van der Waals surface area contributed by atoms with Crippen LogP contribution < -0.4 is 5.32 Å². The summed E-state index contributed by atoms with van der Waals surface area (Å²) in [6.45, 7) is 8.18. The molecule has 0 aliphatic heterocycles. The fraction of sp³-hybridized carbons (Fsp3) is 0.500. The van der Waals surface area contributed by atoms with Crippen LogP contribution in [0.2, 0.25) is 0 Å². The number of nitrogens with one attached hydrogen (secondary N) is 1. The van der Waals surface area contributed by atoms with E-state index in [4.69, 9.17) is 9.47 Å². The van der Waals surface area contributed by atoms with Crippen LogP contribution in [0.15, 0.2) is 36.4 Å². The number of hydrogen-bond donors (Lipinski definition) is 1. The molecule has 1 aromatic rings. The van der Waals surface area contributed by atoms with Crippen LogP contribution in [0, 0.1) is 0 Å². The second kappa shape index (κ2) is 10.5. The van der Waals surface area contributed by atoms with Crippen molar-refractivity contribution in [1.82, 2.24) is 5.32 Å². The standard InChI is InChI=1S/C20H29NO4/c1-5-24-18(22)15-17(16-11-7-6-8-12-16)13-9-10-14-21-19(23)25-20(2,3)4/h6-8,11-13H,5,9-10,14-15H2,1-4H3,(H,21,23)/b17-13-. The van der Waals surface area contributed by atoms with Gasteiger partial charge in [0.25, 0.3) is 0 Å². The normalized spacial score (nSPS) is 11.8. The van der Waals surface area contributed by atoms with Crippen molar-refractivity contribution in [2.45, 2.75) is 52.6 Å². The maximum Gasteiger partial charge on any atom is 0.407 e. The number of ether oxygens (including phenoxy) is 2. The Hall–Kier alpha value is -2.30. The first kappa shape index (κ1) is 20.7. The second-order valence-electron chi connectivity index (χ2n) is 6.65. The summed E-state index contributed by atoms with van der Waals surface area (Å²) in [6, 6.07) is 9.78. The van der Waals surface area contributed by atoms with Gasteiger partial charge in [-0.2, -0.15) is 0 Å². The Kier molecular flexibility index (Phi) is 8.75. The van der Waals surface area contributed by atoms with Crippen LogP contribution in [0.3, 0.4) is 0 Å². The summed E-state index contributed by atoms with van der Waals surface area (Å²) < 4.78 is 10.2. The number of carbonyl (C=O) groups excluding carboxylic acids is 2. The van der Waals surface area contributed by atoms with Gasteiger partial charge in [0, 0.05) is 6.54 Å². The van der Waals surface area contributed by atoms with E-state index in [1.165, 1.54) is 0 Å². The number of amides is 1. The molecular formula is C20H29NO4. The van der Waals surface area contributed by atoms with Crippen LogP contribution in [-0.2, 0) is 14.3 Å². The first-order valence-corrected chi connectivity index (χ1v) is 8.68. The molecule has 0 saturated heterocycles. The fourth-order valence-corrected chi connectivity index (χ4v) is 2.19. The van der Waals surface area contributed by atoms with E-state index < -0.39 is 11.7 Å². The molecule has 0 fully saturated rings. The zero-order chi connectivity index (χ0) is 18.7. The maximum absolute atomic E-state index is 11.8. The lowest BCUT2D eigenvalue weighted by Crippen LogP contribution is -2.32. The molecule has 0 radical (unpaired) electrons. The number of hydrogen-bond acceptors (Lipinski definition) is 4. The third-order valence-electron chi connectivity index (χ3n) is 3.22. The van der Waals surface area contributed by atoms with E-state index in [1.54, 1.807) is 6.92 Å². The van der Waals surface area contributed by atoms with Crippen molar-refractivity contribution in [2.75, 3.05) is 13.2 Å². The highest BCUT2D eigenvalue weighted by atomic mass is 16.6. The molecule has 0 atom stereocenters. The van der Waals surface area contributed by atoms with Gasteiger partial charge in [-0.25, -0.2) is 4.79 Å². The molecule has 1 N–H and O–H groups in total. The van der Waals surface area contributed by atoms with Gasteiger partial charge in [-0.1, -0.05) is 36.4 Å². The van der Waals surface area contributed by atoms with Gasteiger partial charge in [-0.15, -0.1) is 0 Å². The Bertz CT molecular complexity index is 573. The minimum absolute atomic E-state index is 0.232. The Morgan fingerprint density at radius 3 is 2.44 bits per heavy atom. The minimum Gasteiger partial charge on any atom is -0.466 e. The SMILES string of the molecule is CCOC(=O)C/C(=C/CCCNC(=O)OC(C)(C)C)c1ccccc1. The quantitative estimate of drug-likeness (QED) is 0.561. The van der Waals surface area contributed by atoms with Gasteiger partial charge < -0.3 is 14.8 Å². The van der Waals surface area contributed by atoms with Crippen molar-refractivity contribution in [2.24, 2.45) is 0 Å².